The van der Waals surface area contributed by atoms with Crippen LogP contribution in [0.1, 0.15) is 31.4 Å². The van der Waals surface area contributed by atoms with Gasteiger partial charge in [-0.1, -0.05) is 75.8 Å². The predicted molar refractivity (Wildman–Crippen MR) is 175 cm³/mol. The van der Waals surface area contributed by atoms with E-state index in [0.29, 0.717) is 27.5 Å². The summed E-state index contributed by atoms with van der Waals surface area (Å²) in [6, 6.07) is 14.5. The van der Waals surface area contributed by atoms with Crippen LogP contribution in [0.5, 0.6) is 0 Å². The Kier molecular flexibility index (Phi) is 8.64. The molecule has 14 heteroatoms. The number of esters is 1. The number of ether oxygens (including phenoxy) is 2. The van der Waals surface area contributed by atoms with E-state index in [4.69, 9.17) is 9.47 Å². The number of aliphatic hydroxyl groups excluding tert-OH is 1. The maximum Gasteiger partial charge on any atom is 0.313 e. The van der Waals surface area contributed by atoms with Crippen LogP contribution in [-0.2, 0) is 35.3 Å². The number of cyclic esters (lactones) is 1. The molecule has 3 aromatic rings. The Morgan fingerprint density at radius 3 is 2.62 bits per heavy atom. The van der Waals surface area contributed by atoms with E-state index in [2.05, 4.69) is 31.6 Å². The Morgan fingerprint density at radius 2 is 1.83 bits per heavy atom. The first kappa shape index (κ1) is 32.2. The van der Waals surface area contributed by atoms with Crippen LogP contribution < -0.4 is 5.32 Å². The SMILES string of the molecule is C[C@H](CO)N1C(=O)[C@H]2[C@@H]3C(=O)O[C@H](c4ccccc4)CNC(=O)CC/C=C\CN(Cn4nnc5ccccc54)C(=O)[C@H]1[C@@]21C=C(Br)[C@@H]3O1. The highest BCUT2D eigenvalue weighted by molar-refractivity contribution is 9.11. The lowest BCUT2D eigenvalue weighted by atomic mass is 9.74. The van der Waals surface area contributed by atoms with Gasteiger partial charge in [0.2, 0.25) is 11.8 Å². The van der Waals surface area contributed by atoms with Gasteiger partial charge in [0.25, 0.3) is 5.91 Å². The second kappa shape index (κ2) is 12.9. The van der Waals surface area contributed by atoms with Crippen LogP contribution in [-0.4, -0.2) is 97.1 Å². The lowest BCUT2D eigenvalue weighted by Gasteiger charge is -2.37. The van der Waals surface area contributed by atoms with Crippen molar-refractivity contribution in [1.82, 2.24) is 30.1 Å². The monoisotopic (exact) mass is 718 g/mol. The highest BCUT2D eigenvalue weighted by Crippen LogP contribution is 2.59. The number of halogens is 1. The maximum atomic E-state index is 14.9. The molecule has 48 heavy (non-hydrogen) atoms. The topological polar surface area (TPSA) is 156 Å². The summed E-state index contributed by atoms with van der Waals surface area (Å²) >= 11 is 3.56. The summed E-state index contributed by atoms with van der Waals surface area (Å²) in [5.74, 6) is -4.03. The van der Waals surface area contributed by atoms with Crippen LogP contribution >= 0.6 is 15.9 Å². The lowest BCUT2D eigenvalue weighted by Crippen LogP contribution is -2.58. The van der Waals surface area contributed by atoms with Crippen LogP contribution in [0.15, 0.2) is 77.3 Å². The zero-order chi connectivity index (χ0) is 33.6. The lowest BCUT2D eigenvalue weighted by molar-refractivity contribution is -0.160. The van der Waals surface area contributed by atoms with Crippen molar-refractivity contribution in [2.24, 2.45) is 11.8 Å². The van der Waals surface area contributed by atoms with E-state index in [9.17, 15) is 24.3 Å². The Morgan fingerprint density at radius 1 is 1.06 bits per heavy atom. The largest absolute Gasteiger partial charge is 0.455 e. The molecular formula is C34H35BrN6O7. The van der Waals surface area contributed by atoms with E-state index in [1.807, 2.05) is 48.5 Å². The average Bonchev–Trinajstić information content (AvgIpc) is 3.82. The number of hydrogen-bond donors (Lipinski definition) is 2. The molecular weight excluding hydrogens is 684 g/mol. The summed E-state index contributed by atoms with van der Waals surface area (Å²) in [6.45, 7) is 1.40. The molecule has 5 heterocycles. The molecule has 13 nitrogen and oxygen atoms in total. The number of likely N-dealkylation sites (tertiary alicyclic amines) is 1. The van der Waals surface area contributed by atoms with Crippen LogP contribution in [0, 0.1) is 11.8 Å². The molecule has 1 aromatic heterocycles. The fourth-order valence-electron chi connectivity index (χ4n) is 7.28. The number of amides is 3. The minimum Gasteiger partial charge on any atom is -0.455 e. The number of benzene rings is 2. The van der Waals surface area contributed by atoms with Crippen molar-refractivity contribution in [1.29, 1.82) is 0 Å². The third kappa shape index (κ3) is 5.41. The summed E-state index contributed by atoms with van der Waals surface area (Å²) in [4.78, 5) is 59.2. The van der Waals surface area contributed by atoms with Crippen molar-refractivity contribution in [2.75, 3.05) is 19.7 Å². The summed E-state index contributed by atoms with van der Waals surface area (Å²) in [5.41, 5.74) is 0.531. The number of carbonyl (C=O) groups is 4. The molecule has 0 radical (unpaired) electrons. The first-order valence-corrected chi connectivity index (χ1v) is 16.8. The Labute approximate surface area is 284 Å². The number of nitrogens with zero attached hydrogens (tertiary/aromatic N) is 5. The van der Waals surface area contributed by atoms with Gasteiger partial charge in [-0.3, -0.25) is 19.2 Å². The van der Waals surface area contributed by atoms with Gasteiger partial charge in [0.1, 0.15) is 42.0 Å². The van der Waals surface area contributed by atoms with Crippen molar-refractivity contribution >= 4 is 50.7 Å². The Bertz CT molecular complexity index is 1810. The molecule has 7 rings (SSSR count). The molecule has 3 amide bonds. The molecule has 2 aromatic carbocycles. The van der Waals surface area contributed by atoms with Gasteiger partial charge in [-0.05, 0) is 37.1 Å². The summed E-state index contributed by atoms with van der Waals surface area (Å²) in [6.07, 6.45) is 4.23. The van der Waals surface area contributed by atoms with Gasteiger partial charge in [0.05, 0.1) is 30.6 Å². The van der Waals surface area contributed by atoms with Crippen molar-refractivity contribution in [3.8, 4) is 0 Å². The average molecular weight is 720 g/mol. The predicted octanol–water partition coefficient (Wildman–Crippen LogP) is 2.22. The standard InChI is InChI=1S/C34H35BrN6O7/c1-20(18-42)41-30-32(45)39(19-40-24-13-8-7-12-23(24)37-38-40)15-9-3-6-14-26(43)36-17-25(21-10-4-2-5-11-21)47-33(46)27-28(31(41)44)34(30)16-22(35)29(27)48-34/h2-5,7-13,16,20,25,27-30,42H,6,14-15,17-19H2,1H3,(H,36,43)/b9-3-/t20-,25+,27+,28-,29+,30+,34-/m1/s1. The van der Waals surface area contributed by atoms with Crippen LogP contribution in [0.3, 0.4) is 0 Å². The smallest absolute Gasteiger partial charge is 0.313 e. The molecule has 4 aliphatic heterocycles. The number of aliphatic hydroxyl groups is 1. The fourth-order valence-corrected chi connectivity index (χ4v) is 8.02. The molecule has 7 atom stereocenters. The van der Waals surface area contributed by atoms with Gasteiger partial charge in [-0.2, -0.15) is 0 Å². The third-order valence-electron chi connectivity index (χ3n) is 9.59. The van der Waals surface area contributed by atoms with E-state index in [1.54, 1.807) is 35.9 Å². The molecule has 0 saturated carbocycles. The summed E-state index contributed by atoms with van der Waals surface area (Å²) in [7, 11) is 0. The number of fused-ring (bicyclic) bond motifs is 3. The highest BCUT2D eigenvalue weighted by Gasteiger charge is 2.75. The zero-order valence-electron chi connectivity index (χ0n) is 26.1. The summed E-state index contributed by atoms with van der Waals surface area (Å²) < 4.78 is 14.8. The zero-order valence-corrected chi connectivity index (χ0v) is 27.7. The normalized spacial score (nSPS) is 30.6. The Hall–Kier alpha value is -4.40. The van der Waals surface area contributed by atoms with E-state index in [1.165, 1.54) is 9.80 Å². The van der Waals surface area contributed by atoms with Crippen LogP contribution in [0.25, 0.3) is 11.0 Å². The van der Waals surface area contributed by atoms with Crippen molar-refractivity contribution < 1.29 is 33.8 Å². The van der Waals surface area contributed by atoms with Crippen molar-refractivity contribution in [3.05, 3.63) is 82.9 Å². The van der Waals surface area contributed by atoms with E-state index >= 15 is 0 Å². The fraction of sp³-hybridized carbons (Fsp3) is 0.412. The second-order valence-corrected chi connectivity index (χ2v) is 13.5. The quantitative estimate of drug-likeness (QED) is 0.298. The number of para-hydroxylation sites is 1. The number of rotatable bonds is 5. The van der Waals surface area contributed by atoms with Crippen LogP contribution in [0.4, 0.5) is 0 Å². The number of allylic oxidation sites excluding steroid dienone is 1. The highest BCUT2D eigenvalue weighted by atomic mass is 79.9. The molecule has 0 unspecified atom stereocenters. The summed E-state index contributed by atoms with van der Waals surface area (Å²) in [5, 5.41) is 21.7. The van der Waals surface area contributed by atoms with E-state index in [0.717, 1.165) is 0 Å². The molecule has 1 spiro atoms. The molecule has 5 bridgehead atoms. The number of aromatic nitrogens is 3. The van der Waals surface area contributed by atoms with Crippen molar-refractivity contribution in [3.63, 3.8) is 0 Å². The number of carbonyl (C=O) groups excluding carboxylic acids is 4. The molecule has 4 aliphatic rings. The van der Waals surface area contributed by atoms with Gasteiger partial charge >= 0.3 is 5.97 Å². The van der Waals surface area contributed by atoms with Crippen molar-refractivity contribution in [2.45, 2.75) is 56.3 Å². The van der Waals surface area contributed by atoms with Gasteiger partial charge in [0.15, 0.2) is 0 Å². The number of nitrogens with one attached hydrogen (secondary N) is 1. The minimum atomic E-state index is -1.51. The second-order valence-electron chi connectivity index (χ2n) is 12.5. The molecule has 0 aliphatic carbocycles. The van der Waals surface area contributed by atoms with Gasteiger partial charge in [0, 0.05) is 17.4 Å². The number of hydrogen-bond acceptors (Lipinski definition) is 9. The molecule has 2 fully saturated rings. The van der Waals surface area contributed by atoms with E-state index < -0.39 is 66.1 Å². The molecule has 2 N–H and O–H groups in total. The van der Waals surface area contributed by atoms with Crippen LogP contribution in [0.2, 0.25) is 0 Å². The Balaban J connectivity index is 1.31. The van der Waals surface area contributed by atoms with Gasteiger partial charge in [-0.25, -0.2) is 4.68 Å². The third-order valence-corrected chi connectivity index (χ3v) is 10.3. The van der Waals surface area contributed by atoms with Gasteiger partial charge < -0.3 is 29.7 Å². The first-order valence-electron chi connectivity index (χ1n) is 16.0. The molecule has 2 saturated heterocycles. The minimum absolute atomic E-state index is 0.00447. The molecule has 250 valence electrons. The maximum absolute atomic E-state index is 14.9. The van der Waals surface area contributed by atoms with Gasteiger partial charge in [-0.15, -0.1) is 5.10 Å². The van der Waals surface area contributed by atoms with E-state index in [-0.39, 0.29) is 32.1 Å². The first-order chi connectivity index (χ1) is 23.2.